The van der Waals surface area contributed by atoms with E-state index in [0.717, 1.165) is 28.2 Å². The highest BCUT2D eigenvalue weighted by atomic mass is 16.5. The van der Waals surface area contributed by atoms with Gasteiger partial charge in [0.1, 0.15) is 17.3 Å². The summed E-state index contributed by atoms with van der Waals surface area (Å²) in [6.07, 6.45) is 5.60. The van der Waals surface area contributed by atoms with Crippen LogP contribution in [0.4, 0.5) is 11.8 Å². The Kier molecular flexibility index (Phi) is 4.38. The van der Waals surface area contributed by atoms with Crippen LogP contribution < -0.4 is 20.9 Å². The zero-order valence-corrected chi connectivity index (χ0v) is 14.3. The van der Waals surface area contributed by atoms with Crippen LogP contribution >= 0.6 is 0 Å². The number of aromatic nitrogens is 3. The Morgan fingerprint density at radius 3 is 2.48 bits per heavy atom. The summed E-state index contributed by atoms with van der Waals surface area (Å²) in [5.74, 6) is 1.93. The Labute approximate surface area is 145 Å². The van der Waals surface area contributed by atoms with E-state index >= 15 is 0 Å². The predicted octanol–water partition coefficient (Wildman–Crippen LogP) is 2.69. The van der Waals surface area contributed by atoms with Crippen LogP contribution in [0.15, 0.2) is 24.4 Å². The Hall–Kier alpha value is -3.35. The van der Waals surface area contributed by atoms with Gasteiger partial charge >= 0.3 is 0 Å². The second-order valence-corrected chi connectivity index (χ2v) is 5.45. The largest absolute Gasteiger partial charge is 0.497 e. The molecule has 0 radical (unpaired) electrons. The molecule has 0 amide bonds. The van der Waals surface area contributed by atoms with E-state index in [1.165, 1.54) is 0 Å². The summed E-state index contributed by atoms with van der Waals surface area (Å²) >= 11 is 0. The van der Waals surface area contributed by atoms with Crippen molar-refractivity contribution in [3.63, 3.8) is 0 Å². The molecule has 1 aromatic carbocycles. The molecule has 0 unspecified atom stereocenters. The van der Waals surface area contributed by atoms with Gasteiger partial charge in [0.25, 0.3) is 0 Å². The lowest BCUT2D eigenvalue weighted by Crippen LogP contribution is -2.03. The number of aryl methyl sites for hydroxylation is 1. The Morgan fingerprint density at radius 1 is 1.00 bits per heavy atom. The van der Waals surface area contributed by atoms with Gasteiger partial charge in [-0.2, -0.15) is 9.97 Å². The zero-order valence-electron chi connectivity index (χ0n) is 14.3. The molecule has 7 heteroatoms. The van der Waals surface area contributed by atoms with Gasteiger partial charge in [-0.05, 0) is 36.2 Å². The van der Waals surface area contributed by atoms with Gasteiger partial charge in [0.2, 0.25) is 5.95 Å². The van der Waals surface area contributed by atoms with Crippen LogP contribution in [-0.4, -0.2) is 29.2 Å². The zero-order chi connectivity index (χ0) is 18.0. The molecule has 3 rings (SSSR count). The van der Waals surface area contributed by atoms with Crippen molar-refractivity contribution in [3.05, 3.63) is 41.1 Å². The first-order chi connectivity index (χ1) is 12.0. The number of anilines is 2. The summed E-state index contributed by atoms with van der Waals surface area (Å²) in [4.78, 5) is 12.5. The molecule has 0 saturated heterocycles. The average Bonchev–Trinajstić information content (AvgIpc) is 2.60. The van der Waals surface area contributed by atoms with Crippen molar-refractivity contribution in [1.82, 2.24) is 15.0 Å². The van der Waals surface area contributed by atoms with E-state index in [-0.39, 0.29) is 5.95 Å². The smallest absolute Gasteiger partial charge is 0.224 e. The first-order valence-electron chi connectivity index (χ1n) is 7.62. The Morgan fingerprint density at radius 2 is 1.76 bits per heavy atom. The normalized spacial score (nSPS) is 11.2. The van der Waals surface area contributed by atoms with Gasteiger partial charge in [-0.15, -0.1) is 0 Å². The van der Waals surface area contributed by atoms with Crippen LogP contribution in [0, 0.1) is 6.92 Å². The molecule has 0 atom stereocenters. The van der Waals surface area contributed by atoms with Gasteiger partial charge in [-0.3, -0.25) is 0 Å². The highest BCUT2D eigenvalue weighted by Gasteiger charge is 2.10. The number of methoxy groups -OCH3 is 2. The van der Waals surface area contributed by atoms with E-state index in [4.69, 9.17) is 20.9 Å². The number of nitrogens with two attached hydrogens (primary N) is 2. The van der Waals surface area contributed by atoms with Crippen molar-refractivity contribution in [3.8, 4) is 11.5 Å². The summed E-state index contributed by atoms with van der Waals surface area (Å²) in [5.41, 5.74) is 14.8. The number of benzene rings is 1. The Bertz CT molecular complexity index is 969. The van der Waals surface area contributed by atoms with E-state index in [1.54, 1.807) is 20.4 Å². The molecule has 128 valence electrons. The molecule has 2 aromatic heterocycles. The molecule has 0 aliphatic rings. The SMILES string of the molecule is COc1ccc(OC)c(C=Cc2cnc3nc(N)nc(N)c3c2C)c1. The van der Waals surface area contributed by atoms with Crippen LogP contribution in [0.2, 0.25) is 0 Å². The van der Waals surface area contributed by atoms with Gasteiger partial charge in [-0.25, -0.2) is 4.98 Å². The molecule has 0 aliphatic heterocycles. The average molecular weight is 337 g/mol. The number of rotatable bonds is 4. The van der Waals surface area contributed by atoms with Crippen LogP contribution in [0.5, 0.6) is 11.5 Å². The third-order valence-corrected chi connectivity index (χ3v) is 3.95. The number of nitrogens with zero attached hydrogens (tertiary/aromatic N) is 3. The molecule has 0 fully saturated rings. The maximum Gasteiger partial charge on any atom is 0.224 e. The number of hydrogen-bond donors (Lipinski definition) is 2. The van der Waals surface area contributed by atoms with E-state index in [2.05, 4.69) is 15.0 Å². The molecule has 4 N–H and O–H groups in total. The van der Waals surface area contributed by atoms with Gasteiger partial charge in [0, 0.05) is 11.8 Å². The first-order valence-corrected chi connectivity index (χ1v) is 7.62. The fourth-order valence-corrected chi connectivity index (χ4v) is 2.63. The molecule has 3 aromatic rings. The third kappa shape index (κ3) is 3.16. The minimum absolute atomic E-state index is 0.112. The van der Waals surface area contributed by atoms with Crippen LogP contribution in [0.3, 0.4) is 0 Å². The quantitative estimate of drug-likeness (QED) is 0.753. The number of hydrogen-bond acceptors (Lipinski definition) is 7. The van der Waals surface area contributed by atoms with Gasteiger partial charge in [0.05, 0.1) is 19.6 Å². The van der Waals surface area contributed by atoms with Crippen LogP contribution in [-0.2, 0) is 0 Å². The highest BCUT2D eigenvalue weighted by molar-refractivity contribution is 5.92. The monoisotopic (exact) mass is 337 g/mol. The number of ether oxygens (including phenoxy) is 2. The Balaban J connectivity index is 2.06. The summed E-state index contributed by atoms with van der Waals surface area (Å²) in [6, 6.07) is 5.61. The van der Waals surface area contributed by atoms with E-state index in [9.17, 15) is 0 Å². The minimum Gasteiger partial charge on any atom is -0.497 e. The maximum absolute atomic E-state index is 5.99. The van der Waals surface area contributed by atoms with E-state index < -0.39 is 0 Å². The van der Waals surface area contributed by atoms with Crippen molar-refractivity contribution in [2.75, 3.05) is 25.7 Å². The lowest BCUT2D eigenvalue weighted by molar-refractivity contribution is 0.402. The third-order valence-electron chi connectivity index (χ3n) is 3.95. The van der Waals surface area contributed by atoms with Crippen LogP contribution in [0.1, 0.15) is 16.7 Å². The predicted molar refractivity (Wildman–Crippen MR) is 99.4 cm³/mol. The molecule has 0 saturated carbocycles. The summed E-state index contributed by atoms with van der Waals surface area (Å²) in [5, 5.41) is 0.703. The molecular weight excluding hydrogens is 318 g/mol. The lowest BCUT2D eigenvalue weighted by Gasteiger charge is -2.09. The fraction of sp³-hybridized carbons (Fsp3) is 0.167. The van der Waals surface area contributed by atoms with E-state index in [1.807, 2.05) is 37.3 Å². The lowest BCUT2D eigenvalue weighted by atomic mass is 10.1. The van der Waals surface area contributed by atoms with Crippen molar-refractivity contribution < 1.29 is 9.47 Å². The molecule has 0 bridgehead atoms. The van der Waals surface area contributed by atoms with Crippen molar-refractivity contribution in [1.29, 1.82) is 0 Å². The van der Waals surface area contributed by atoms with Crippen molar-refractivity contribution in [2.45, 2.75) is 6.92 Å². The highest BCUT2D eigenvalue weighted by Crippen LogP contribution is 2.28. The van der Waals surface area contributed by atoms with Crippen molar-refractivity contribution >= 4 is 35.0 Å². The van der Waals surface area contributed by atoms with Crippen molar-refractivity contribution in [2.24, 2.45) is 0 Å². The fourth-order valence-electron chi connectivity index (χ4n) is 2.63. The van der Waals surface area contributed by atoms with Gasteiger partial charge < -0.3 is 20.9 Å². The van der Waals surface area contributed by atoms with Crippen LogP contribution in [0.25, 0.3) is 23.2 Å². The standard InChI is InChI=1S/C18H19N5O2/c1-10-12(9-21-17-15(10)16(19)22-18(20)23-17)5-4-11-8-13(24-2)6-7-14(11)25-3/h4-9H,1-3H3,(H4,19,20,21,22,23). The molecule has 0 aliphatic carbocycles. The first kappa shape index (κ1) is 16.5. The van der Waals surface area contributed by atoms with E-state index in [0.29, 0.717) is 16.9 Å². The minimum atomic E-state index is 0.112. The molecular formula is C18H19N5O2. The summed E-state index contributed by atoms with van der Waals surface area (Å²) < 4.78 is 10.7. The second kappa shape index (κ2) is 6.64. The number of nitrogen functional groups attached to an aromatic ring is 2. The van der Waals surface area contributed by atoms with Gasteiger partial charge in [-0.1, -0.05) is 12.2 Å². The molecule has 7 nitrogen and oxygen atoms in total. The van der Waals surface area contributed by atoms with Gasteiger partial charge in [0.15, 0.2) is 5.65 Å². The summed E-state index contributed by atoms with van der Waals surface area (Å²) in [6.45, 7) is 1.95. The molecule has 2 heterocycles. The number of pyridine rings is 1. The molecule has 0 spiro atoms. The topological polar surface area (TPSA) is 109 Å². The maximum atomic E-state index is 5.99. The summed E-state index contributed by atoms with van der Waals surface area (Å²) in [7, 11) is 3.26. The second-order valence-electron chi connectivity index (χ2n) is 5.45. The number of fused-ring (bicyclic) bond motifs is 1. The molecule has 25 heavy (non-hydrogen) atoms.